The number of rotatable bonds is 6. The van der Waals surface area contributed by atoms with Gasteiger partial charge in [-0.3, -0.25) is 0 Å². The van der Waals surface area contributed by atoms with E-state index in [0.29, 0.717) is 11.1 Å². The lowest BCUT2D eigenvalue weighted by Gasteiger charge is -2.23. The van der Waals surface area contributed by atoms with Crippen LogP contribution in [0.5, 0.6) is 0 Å². The van der Waals surface area contributed by atoms with Crippen LogP contribution < -0.4 is 5.32 Å². The van der Waals surface area contributed by atoms with E-state index in [1.807, 2.05) is 0 Å². The summed E-state index contributed by atoms with van der Waals surface area (Å²) in [7, 11) is 0. The summed E-state index contributed by atoms with van der Waals surface area (Å²) < 4.78 is 57.6. The molecule has 4 aromatic rings. The number of nitrogens with zero attached hydrogens (tertiary/aromatic N) is 3. The van der Waals surface area contributed by atoms with Crippen molar-refractivity contribution in [1.29, 1.82) is 0 Å². The van der Waals surface area contributed by atoms with Gasteiger partial charge in [0.25, 0.3) is 6.43 Å². The molecule has 0 radical (unpaired) electrons. The summed E-state index contributed by atoms with van der Waals surface area (Å²) in [5, 5.41) is 12.8. The van der Waals surface area contributed by atoms with Gasteiger partial charge >= 0.3 is 0 Å². The molecule has 2 heterocycles. The minimum absolute atomic E-state index is 0.00232. The van der Waals surface area contributed by atoms with Crippen molar-refractivity contribution < 1.29 is 22.7 Å². The molecule has 182 valence electrons. The van der Waals surface area contributed by atoms with E-state index in [1.165, 1.54) is 63.5 Å². The van der Waals surface area contributed by atoms with Crippen LogP contribution in [0.3, 0.4) is 0 Å². The molecular formula is C25H21ClF4N4O. The molecule has 0 unspecified atom stereocenters. The van der Waals surface area contributed by atoms with Gasteiger partial charge in [0.05, 0.1) is 16.4 Å². The van der Waals surface area contributed by atoms with Gasteiger partial charge in [0, 0.05) is 28.9 Å². The molecule has 0 fully saturated rings. The van der Waals surface area contributed by atoms with Gasteiger partial charge in [0.15, 0.2) is 5.82 Å². The van der Waals surface area contributed by atoms with E-state index in [2.05, 4.69) is 20.3 Å². The maximum atomic E-state index is 15.2. The predicted octanol–water partition coefficient (Wildman–Crippen LogP) is 6.58. The van der Waals surface area contributed by atoms with Crippen LogP contribution in [-0.4, -0.2) is 26.5 Å². The average molecular weight is 505 g/mol. The Hall–Kier alpha value is -3.30. The van der Waals surface area contributed by atoms with Gasteiger partial charge in [-0.2, -0.15) is 0 Å². The van der Waals surface area contributed by atoms with Crippen molar-refractivity contribution >= 4 is 28.2 Å². The minimum Gasteiger partial charge on any atom is -0.382 e. The van der Waals surface area contributed by atoms with E-state index >= 15 is 4.39 Å². The van der Waals surface area contributed by atoms with Crippen LogP contribution in [0, 0.1) is 18.6 Å². The van der Waals surface area contributed by atoms with Crippen molar-refractivity contribution in [2.24, 2.45) is 0 Å². The summed E-state index contributed by atoms with van der Waals surface area (Å²) >= 11 is 6.43. The Morgan fingerprint density at radius 1 is 1.00 bits per heavy atom. The van der Waals surface area contributed by atoms with Gasteiger partial charge in [-0.05, 0) is 44.5 Å². The van der Waals surface area contributed by atoms with Gasteiger partial charge in [-0.15, -0.1) is 0 Å². The Labute approximate surface area is 203 Å². The molecule has 0 amide bonds. The lowest BCUT2D eigenvalue weighted by molar-refractivity contribution is 0.0687. The highest BCUT2D eigenvalue weighted by Gasteiger charge is 2.28. The number of aliphatic hydroxyl groups is 1. The maximum Gasteiger partial charge on any atom is 0.262 e. The number of halogens is 5. The number of aryl methyl sites for hydroxylation is 1. The fourth-order valence-corrected chi connectivity index (χ4v) is 3.88. The molecule has 0 spiro atoms. The highest BCUT2D eigenvalue weighted by atomic mass is 35.5. The van der Waals surface area contributed by atoms with Crippen LogP contribution in [0.2, 0.25) is 5.02 Å². The quantitative estimate of drug-likeness (QED) is 0.290. The first-order valence-corrected chi connectivity index (χ1v) is 11.0. The molecule has 35 heavy (non-hydrogen) atoms. The number of alkyl halides is 2. The monoisotopic (exact) mass is 504 g/mol. The molecule has 0 saturated carbocycles. The van der Waals surface area contributed by atoms with E-state index in [0.717, 1.165) is 6.07 Å². The molecule has 2 aromatic carbocycles. The van der Waals surface area contributed by atoms with E-state index in [4.69, 9.17) is 11.6 Å². The molecule has 2 N–H and O–H groups in total. The summed E-state index contributed by atoms with van der Waals surface area (Å²) in [4.78, 5) is 12.4. The molecule has 4 rings (SSSR count). The number of fused-ring (bicyclic) bond motifs is 1. The van der Waals surface area contributed by atoms with Crippen molar-refractivity contribution in [1.82, 2.24) is 15.0 Å². The van der Waals surface area contributed by atoms with Gasteiger partial charge in [-0.1, -0.05) is 29.8 Å². The average Bonchev–Trinajstić information content (AvgIpc) is 2.80. The van der Waals surface area contributed by atoms with E-state index in [-0.39, 0.29) is 38.7 Å². The standard InChI is InChI=1S/C25H21ClF4N4O/c1-12-19(26)21(34-22(23(29)30)15-6-4-5-7-17(15)27)16-8-13(9-18(28)20(16)33-12)14-10-31-24(32-11-14)25(2,3)35/h4-11,22-23,35H,1-3H3,(H,33,34)/t22-/m0/s1. The van der Waals surface area contributed by atoms with E-state index in [1.54, 1.807) is 0 Å². The molecule has 0 aliphatic heterocycles. The summed E-state index contributed by atoms with van der Waals surface area (Å²) in [6, 6.07) is 6.16. The van der Waals surface area contributed by atoms with Crippen LogP contribution >= 0.6 is 11.6 Å². The number of anilines is 1. The van der Waals surface area contributed by atoms with Crippen molar-refractivity contribution in [3.8, 4) is 11.1 Å². The molecule has 0 aliphatic carbocycles. The summed E-state index contributed by atoms with van der Waals surface area (Å²) in [5.41, 5.74) is -0.647. The zero-order valence-corrected chi connectivity index (χ0v) is 19.7. The van der Waals surface area contributed by atoms with E-state index in [9.17, 15) is 18.3 Å². The predicted molar refractivity (Wildman–Crippen MR) is 126 cm³/mol. The van der Waals surface area contributed by atoms with Crippen LogP contribution in [0.4, 0.5) is 23.2 Å². The summed E-state index contributed by atoms with van der Waals surface area (Å²) in [5.74, 6) is -1.35. The first-order valence-electron chi connectivity index (χ1n) is 10.6. The second-order valence-electron chi connectivity index (χ2n) is 8.57. The number of pyridine rings is 1. The fourth-order valence-electron chi connectivity index (χ4n) is 3.68. The van der Waals surface area contributed by atoms with Crippen molar-refractivity contribution in [3.63, 3.8) is 0 Å². The molecule has 0 bridgehead atoms. The third-order valence-corrected chi connectivity index (χ3v) is 5.94. The van der Waals surface area contributed by atoms with Gasteiger partial charge in [0.1, 0.15) is 28.8 Å². The minimum atomic E-state index is -3.00. The number of nitrogens with one attached hydrogen (secondary N) is 1. The van der Waals surface area contributed by atoms with Crippen LogP contribution in [0.15, 0.2) is 48.8 Å². The third kappa shape index (κ3) is 4.92. The number of aromatic nitrogens is 3. The van der Waals surface area contributed by atoms with Crippen LogP contribution in [-0.2, 0) is 5.60 Å². The Bertz CT molecular complexity index is 1390. The molecule has 0 saturated heterocycles. The first kappa shape index (κ1) is 24.8. The topological polar surface area (TPSA) is 70.9 Å². The lowest BCUT2D eigenvalue weighted by Crippen LogP contribution is -2.21. The van der Waals surface area contributed by atoms with Gasteiger partial charge < -0.3 is 10.4 Å². The number of hydrogen-bond acceptors (Lipinski definition) is 5. The fraction of sp³-hybridized carbons (Fsp3) is 0.240. The van der Waals surface area contributed by atoms with Crippen molar-refractivity contribution in [3.05, 3.63) is 82.5 Å². The highest BCUT2D eigenvalue weighted by Crippen LogP contribution is 2.39. The molecular weight excluding hydrogens is 484 g/mol. The smallest absolute Gasteiger partial charge is 0.262 e. The molecule has 10 heteroatoms. The number of hydrogen-bond donors (Lipinski definition) is 2. The highest BCUT2D eigenvalue weighted by molar-refractivity contribution is 6.35. The third-order valence-electron chi connectivity index (χ3n) is 5.47. The van der Waals surface area contributed by atoms with Crippen molar-refractivity contribution in [2.75, 3.05) is 5.32 Å². The van der Waals surface area contributed by atoms with Gasteiger partial charge in [-0.25, -0.2) is 32.5 Å². The van der Waals surface area contributed by atoms with Crippen molar-refractivity contribution in [2.45, 2.75) is 38.8 Å². The molecule has 1 atom stereocenters. The summed E-state index contributed by atoms with van der Waals surface area (Å²) in [6.07, 6.45) is -0.167. The van der Waals surface area contributed by atoms with E-state index < -0.39 is 29.7 Å². The Morgan fingerprint density at radius 2 is 1.66 bits per heavy atom. The largest absolute Gasteiger partial charge is 0.382 e. The van der Waals surface area contributed by atoms with Crippen LogP contribution in [0.1, 0.15) is 37.0 Å². The first-order chi connectivity index (χ1) is 16.5. The molecule has 5 nitrogen and oxygen atoms in total. The summed E-state index contributed by atoms with van der Waals surface area (Å²) in [6.45, 7) is 4.57. The zero-order valence-electron chi connectivity index (χ0n) is 19.0. The SMILES string of the molecule is Cc1nc2c(F)cc(-c3cnc(C(C)(C)O)nc3)cc2c(N[C@@H](c2ccccc2F)C(F)F)c1Cl. The van der Waals surface area contributed by atoms with Gasteiger partial charge in [0.2, 0.25) is 0 Å². The zero-order chi connectivity index (χ0) is 25.5. The normalized spacial score (nSPS) is 12.9. The lowest BCUT2D eigenvalue weighted by atomic mass is 10.0. The molecule has 2 aromatic heterocycles. The second-order valence-corrected chi connectivity index (χ2v) is 8.95. The number of benzene rings is 2. The second kappa shape index (κ2) is 9.39. The Kier molecular flexibility index (Phi) is 6.66. The molecule has 0 aliphatic rings. The maximum absolute atomic E-state index is 15.2. The van der Waals surface area contributed by atoms with Crippen LogP contribution in [0.25, 0.3) is 22.0 Å². The Balaban J connectivity index is 1.88. The Morgan fingerprint density at radius 3 is 2.26 bits per heavy atom.